The molecule has 31 heavy (non-hydrogen) atoms. The number of nitrogens with zero attached hydrogens (tertiary/aromatic N) is 4. The van der Waals surface area contributed by atoms with Gasteiger partial charge in [-0.3, -0.25) is 14.5 Å². The standard InChI is InChI=1S/C21H23FN4O3S.ClH/c22-17-4-2-1-3-16(17)20(21(29)13-5-6-13)25-8-7-18(30)14(10-25)9-15-11-26(24-23-15)12-19(27)28;/h1-4,9,11,13,18,20,30H,5-8,10,12H2,(H,27,28);1H. The van der Waals surface area contributed by atoms with Crippen molar-refractivity contribution in [2.45, 2.75) is 37.1 Å². The van der Waals surface area contributed by atoms with Crippen LogP contribution >= 0.6 is 25.0 Å². The molecule has 0 radical (unpaired) electrons. The van der Waals surface area contributed by atoms with E-state index in [9.17, 15) is 14.0 Å². The molecule has 0 bridgehead atoms. The first-order valence-corrected chi connectivity index (χ1v) is 10.5. The number of carboxylic acids is 1. The number of ketones is 1. The zero-order valence-electron chi connectivity index (χ0n) is 16.7. The van der Waals surface area contributed by atoms with Gasteiger partial charge in [-0.2, -0.15) is 12.6 Å². The highest BCUT2D eigenvalue weighted by molar-refractivity contribution is 7.81. The first kappa shape index (κ1) is 23.4. The fourth-order valence-electron chi connectivity index (χ4n) is 3.86. The number of Topliss-reactive ketones (excluding diaryl/α,β-unsaturated/α-hetero) is 1. The number of hydrogen-bond donors (Lipinski definition) is 2. The number of halogens is 2. The van der Waals surface area contributed by atoms with Gasteiger partial charge in [-0.15, -0.1) is 17.5 Å². The summed E-state index contributed by atoms with van der Waals surface area (Å²) in [7, 11) is 0. The quantitative estimate of drug-likeness (QED) is 0.610. The van der Waals surface area contributed by atoms with Crippen molar-refractivity contribution in [3.05, 3.63) is 53.1 Å². The molecule has 2 heterocycles. The second kappa shape index (κ2) is 9.93. The lowest BCUT2D eigenvalue weighted by atomic mass is 9.93. The molecular weight excluding hydrogens is 443 g/mol. The summed E-state index contributed by atoms with van der Waals surface area (Å²) in [6.45, 7) is 0.823. The summed E-state index contributed by atoms with van der Waals surface area (Å²) in [5.74, 6) is -1.29. The number of thiol groups is 1. The van der Waals surface area contributed by atoms with Crippen LogP contribution in [0.1, 0.15) is 36.6 Å². The molecule has 1 aliphatic heterocycles. The van der Waals surface area contributed by atoms with Gasteiger partial charge in [-0.05, 0) is 37.0 Å². The van der Waals surface area contributed by atoms with Gasteiger partial charge in [-0.25, -0.2) is 9.07 Å². The van der Waals surface area contributed by atoms with Crippen LogP contribution in [0.15, 0.2) is 36.0 Å². The van der Waals surface area contributed by atoms with Crippen molar-refractivity contribution in [1.29, 1.82) is 0 Å². The van der Waals surface area contributed by atoms with Gasteiger partial charge >= 0.3 is 5.97 Å². The van der Waals surface area contributed by atoms with Crippen molar-refractivity contribution in [1.82, 2.24) is 19.9 Å². The van der Waals surface area contributed by atoms with Crippen LogP contribution in [-0.2, 0) is 16.1 Å². The molecule has 2 atom stereocenters. The Bertz CT molecular complexity index is 995. The molecule has 1 aromatic heterocycles. The molecule has 0 amide bonds. The Morgan fingerprint density at radius 2 is 2.03 bits per heavy atom. The fraction of sp³-hybridized carbons (Fsp3) is 0.429. The zero-order chi connectivity index (χ0) is 21.3. The van der Waals surface area contributed by atoms with E-state index >= 15 is 0 Å². The van der Waals surface area contributed by atoms with Gasteiger partial charge in [0.05, 0.1) is 12.2 Å². The first-order chi connectivity index (χ1) is 14.4. The highest BCUT2D eigenvalue weighted by atomic mass is 35.5. The van der Waals surface area contributed by atoms with Crippen molar-refractivity contribution in [3.8, 4) is 0 Å². The third-order valence-electron chi connectivity index (χ3n) is 5.50. The van der Waals surface area contributed by atoms with E-state index in [-0.39, 0.29) is 41.7 Å². The molecule has 1 N–H and O–H groups in total. The molecule has 166 valence electrons. The predicted octanol–water partition coefficient (Wildman–Crippen LogP) is 3.03. The highest BCUT2D eigenvalue weighted by Crippen LogP contribution is 2.39. The topological polar surface area (TPSA) is 88.3 Å². The zero-order valence-corrected chi connectivity index (χ0v) is 18.4. The molecule has 4 rings (SSSR count). The number of benzene rings is 1. The van der Waals surface area contributed by atoms with Crippen LogP contribution in [0.4, 0.5) is 4.39 Å². The van der Waals surface area contributed by atoms with Crippen LogP contribution in [0.5, 0.6) is 0 Å². The van der Waals surface area contributed by atoms with Crippen molar-refractivity contribution in [2.75, 3.05) is 13.1 Å². The van der Waals surface area contributed by atoms with Crippen LogP contribution in [0, 0.1) is 11.7 Å². The van der Waals surface area contributed by atoms with Gasteiger partial charge in [0.1, 0.15) is 18.1 Å². The summed E-state index contributed by atoms with van der Waals surface area (Å²) in [5, 5.41) is 16.7. The Hall–Kier alpha value is -2.23. The molecule has 10 heteroatoms. The van der Waals surface area contributed by atoms with Crippen molar-refractivity contribution in [3.63, 3.8) is 0 Å². The number of hydrogen-bond acceptors (Lipinski definition) is 6. The largest absolute Gasteiger partial charge is 0.480 e. The fourth-order valence-corrected chi connectivity index (χ4v) is 4.13. The smallest absolute Gasteiger partial charge is 0.325 e. The van der Waals surface area contributed by atoms with E-state index in [4.69, 9.17) is 5.11 Å². The van der Waals surface area contributed by atoms with Gasteiger partial charge in [0.15, 0.2) is 5.78 Å². The molecule has 1 saturated heterocycles. The van der Waals surface area contributed by atoms with Crippen molar-refractivity contribution >= 4 is 42.9 Å². The number of likely N-dealkylation sites (tertiary alicyclic amines) is 1. The van der Waals surface area contributed by atoms with Gasteiger partial charge in [0.25, 0.3) is 0 Å². The van der Waals surface area contributed by atoms with Crippen molar-refractivity contribution < 1.29 is 19.1 Å². The molecule has 1 aliphatic carbocycles. The van der Waals surface area contributed by atoms with E-state index in [1.165, 1.54) is 10.7 Å². The minimum Gasteiger partial charge on any atom is -0.480 e. The van der Waals surface area contributed by atoms with Crippen LogP contribution in [0.2, 0.25) is 0 Å². The maximum atomic E-state index is 14.6. The summed E-state index contributed by atoms with van der Waals surface area (Å²) in [6, 6.07) is 5.85. The molecule has 1 saturated carbocycles. The van der Waals surface area contributed by atoms with Crippen LogP contribution in [-0.4, -0.2) is 55.1 Å². The molecular formula is C21H24ClFN4O3S. The molecule has 1 aromatic carbocycles. The SMILES string of the molecule is Cl.O=C(O)Cn1cc(C=C2CN(C(C(=O)C3CC3)c3ccccc3F)CCC2S)nn1. The summed E-state index contributed by atoms with van der Waals surface area (Å²) in [6.07, 6.45) is 5.82. The molecule has 2 aliphatic rings. The molecule has 0 spiro atoms. The third kappa shape index (κ3) is 5.53. The lowest BCUT2D eigenvalue weighted by molar-refractivity contribution is -0.138. The maximum absolute atomic E-state index is 14.6. The third-order valence-corrected chi connectivity index (χ3v) is 6.09. The molecule has 7 nitrogen and oxygen atoms in total. The van der Waals surface area contributed by atoms with Crippen LogP contribution in [0.25, 0.3) is 6.08 Å². The van der Waals surface area contributed by atoms with Crippen LogP contribution < -0.4 is 0 Å². The predicted molar refractivity (Wildman–Crippen MR) is 119 cm³/mol. The Labute approximate surface area is 191 Å². The number of rotatable bonds is 7. The van der Waals surface area contributed by atoms with Crippen molar-refractivity contribution in [2.24, 2.45) is 5.92 Å². The number of aromatic nitrogens is 3. The summed E-state index contributed by atoms with van der Waals surface area (Å²) < 4.78 is 15.8. The van der Waals surface area contributed by atoms with Gasteiger partial charge < -0.3 is 5.11 Å². The molecule has 2 aromatic rings. The lowest BCUT2D eigenvalue weighted by Crippen LogP contribution is -2.42. The van der Waals surface area contributed by atoms with E-state index in [2.05, 4.69) is 22.9 Å². The Balaban J connectivity index is 0.00000272. The number of piperidine rings is 1. The monoisotopic (exact) mass is 466 g/mol. The van der Waals surface area contributed by atoms with Gasteiger partial charge in [0, 0.05) is 29.8 Å². The van der Waals surface area contributed by atoms with Gasteiger partial charge in [0.2, 0.25) is 0 Å². The second-order valence-corrected chi connectivity index (χ2v) is 8.45. The summed E-state index contributed by atoms with van der Waals surface area (Å²) in [4.78, 5) is 25.9. The summed E-state index contributed by atoms with van der Waals surface area (Å²) >= 11 is 4.67. The van der Waals surface area contributed by atoms with E-state index in [1.54, 1.807) is 24.4 Å². The number of carbonyl (C=O) groups is 2. The Kier molecular flexibility index (Phi) is 7.51. The normalized spacial score (nSPS) is 21.5. The van der Waals surface area contributed by atoms with E-state index in [0.717, 1.165) is 18.4 Å². The number of aliphatic carboxylic acids is 1. The lowest BCUT2D eigenvalue weighted by Gasteiger charge is -2.37. The number of carboxylic acid groups (broad SMARTS) is 1. The Morgan fingerprint density at radius 3 is 2.71 bits per heavy atom. The molecule has 2 unspecified atom stereocenters. The summed E-state index contributed by atoms with van der Waals surface area (Å²) in [5.41, 5.74) is 1.89. The highest BCUT2D eigenvalue weighted by Gasteiger charge is 2.40. The number of carbonyl (C=O) groups excluding carboxylic acids is 1. The average Bonchev–Trinajstić information content (AvgIpc) is 3.47. The minimum absolute atomic E-state index is 0. The van der Waals surface area contributed by atoms with E-state index in [1.807, 2.05) is 11.0 Å². The van der Waals surface area contributed by atoms with Crippen LogP contribution in [0.3, 0.4) is 0 Å². The second-order valence-electron chi connectivity index (χ2n) is 7.83. The van der Waals surface area contributed by atoms with E-state index < -0.39 is 12.0 Å². The van der Waals surface area contributed by atoms with E-state index in [0.29, 0.717) is 30.8 Å². The van der Waals surface area contributed by atoms with Gasteiger partial charge in [-0.1, -0.05) is 23.4 Å². The Morgan fingerprint density at radius 1 is 1.29 bits per heavy atom. The minimum atomic E-state index is -0.999. The molecule has 2 fully saturated rings. The first-order valence-electron chi connectivity index (χ1n) is 9.95. The maximum Gasteiger partial charge on any atom is 0.325 e. The average molecular weight is 467 g/mol.